The molecule has 1 saturated carbocycles. The first-order chi connectivity index (χ1) is 10.6. The molecule has 2 rings (SSSR count). The Kier molecular flexibility index (Phi) is 6.82. The quantitative estimate of drug-likeness (QED) is 0.659. The second kappa shape index (κ2) is 8.62. The summed E-state index contributed by atoms with van der Waals surface area (Å²) >= 11 is 1.95. The van der Waals surface area contributed by atoms with Gasteiger partial charge in [-0.15, -0.1) is 0 Å². The molecule has 0 bridgehead atoms. The van der Waals surface area contributed by atoms with Crippen molar-refractivity contribution in [1.29, 1.82) is 0 Å². The van der Waals surface area contributed by atoms with Gasteiger partial charge in [0.05, 0.1) is 6.54 Å². The minimum atomic E-state index is -0.791. The Morgan fingerprint density at radius 1 is 1.32 bits per heavy atom. The van der Waals surface area contributed by atoms with Gasteiger partial charge in [-0.05, 0) is 38.0 Å². The Labute approximate surface area is 136 Å². The van der Waals surface area contributed by atoms with Gasteiger partial charge in [0.2, 0.25) is 0 Å². The Hall–Kier alpha value is -0.950. The van der Waals surface area contributed by atoms with Gasteiger partial charge in [-0.25, -0.2) is 4.79 Å². The lowest BCUT2D eigenvalue weighted by Crippen LogP contribution is -2.56. The number of hydrogen-bond acceptors (Lipinski definition) is 4. The number of likely N-dealkylation sites (N-methyl/N-ethyl adjacent to an activating group) is 1. The number of carbonyl (C=O) groups is 2. The molecule has 2 amide bonds. The van der Waals surface area contributed by atoms with E-state index in [1.807, 2.05) is 23.6 Å². The number of amides is 2. The van der Waals surface area contributed by atoms with Crippen molar-refractivity contribution >= 4 is 23.8 Å². The molecule has 0 spiro atoms. The van der Waals surface area contributed by atoms with Crippen molar-refractivity contribution in [1.82, 2.24) is 15.5 Å². The fraction of sp³-hybridized carbons (Fsp3) is 0.867. The highest BCUT2D eigenvalue weighted by atomic mass is 32.2. The number of thioether (sulfide) groups is 1. The molecule has 6 nitrogen and oxygen atoms in total. The molecule has 0 radical (unpaired) electrons. The van der Waals surface area contributed by atoms with Crippen LogP contribution in [0.5, 0.6) is 0 Å². The summed E-state index contributed by atoms with van der Waals surface area (Å²) in [6, 6.07) is 0.364. The van der Waals surface area contributed by atoms with E-state index in [0.717, 1.165) is 25.9 Å². The smallest absolute Gasteiger partial charge is 0.317 e. The zero-order valence-electron chi connectivity index (χ0n) is 13.2. The van der Waals surface area contributed by atoms with Crippen LogP contribution in [0.2, 0.25) is 0 Å². The van der Waals surface area contributed by atoms with Crippen molar-refractivity contribution in [2.45, 2.75) is 56.4 Å². The van der Waals surface area contributed by atoms with E-state index in [0.29, 0.717) is 5.25 Å². The predicted molar refractivity (Wildman–Crippen MR) is 88.3 cm³/mol. The molecule has 0 aromatic heterocycles. The first kappa shape index (κ1) is 17.4. The summed E-state index contributed by atoms with van der Waals surface area (Å²) in [7, 11) is 0. The number of rotatable bonds is 7. The third-order valence-electron chi connectivity index (χ3n) is 4.47. The highest BCUT2D eigenvalue weighted by Gasteiger charge is 2.34. The van der Waals surface area contributed by atoms with Gasteiger partial charge in [-0.2, -0.15) is 11.8 Å². The van der Waals surface area contributed by atoms with E-state index in [1.54, 1.807) is 0 Å². The number of carbonyl (C=O) groups excluding carboxylic acids is 1. The zero-order chi connectivity index (χ0) is 15.9. The monoisotopic (exact) mass is 329 g/mol. The Balaban J connectivity index is 1.60. The summed E-state index contributed by atoms with van der Waals surface area (Å²) < 4.78 is 0. The summed E-state index contributed by atoms with van der Waals surface area (Å²) in [4.78, 5) is 24.6. The lowest BCUT2D eigenvalue weighted by molar-refractivity contribution is -0.139. The average Bonchev–Trinajstić information content (AvgIpc) is 2.47. The van der Waals surface area contributed by atoms with Crippen LogP contribution in [-0.4, -0.2) is 64.7 Å². The molecule has 1 heterocycles. The number of hydrogen-bond donors (Lipinski definition) is 3. The third kappa shape index (κ3) is 5.35. The summed E-state index contributed by atoms with van der Waals surface area (Å²) in [6.45, 7) is 3.53. The molecule has 22 heavy (non-hydrogen) atoms. The van der Waals surface area contributed by atoms with Crippen molar-refractivity contribution in [3.8, 4) is 0 Å². The lowest BCUT2D eigenvalue weighted by Gasteiger charge is -2.42. The fourth-order valence-electron chi connectivity index (χ4n) is 3.09. The van der Waals surface area contributed by atoms with Crippen LogP contribution in [0.15, 0.2) is 0 Å². The minimum Gasteiger partial charge on any atom is -0.480 e. The van der Waals surface area contributed by atoms with Crippen LogP contribution in [0.1, 0.15) is 39.0 Å². The summed E-state index contributed by atoms with van der Waals surface area (Å²) in [5, 5.41) is 15.4. The number of carboxylic acids is 1. The van der Waals surface area contributed by atoms with Crippen LogP contribution >= 0.6 is 11.8 Å². The van der Waals surface area contributed by atoms with Crippen LogP contribution in [0, 0.1) is 0 Å². The minimum absolute atomic E-state index is 0.0823. The van der Waals surface area contributed by atoms with Crippen molar-refractivity contribution < 1.29 is 14.7 Å². The first-order valence-corrected chi connectivity index (χ1v) is 9.25. The van der Waals surface area contributed by atoms with E-state index in [9.17, 15) is 9.59 Å². The summed E-state index contributed by atoms with van der Waals surface area (Å²) in [5.41, 5.74) is 0. The standard InChI is InChI=1S/C15H27N3O3S/c1-2-18(10-14(19)20)12-7-11(8-12)17-15(21)16-9-13-5-3-4-6-22-13/h11-13H,2-10H2,1H3,(H,19,20)(H2,16,17,21). The van der Waals surface area contributed by atoms with Crippen LogP contribution in [0.25, 0.3) is 0 Å². The Morgan fingerprint density at radius 3 is 2.68 bits per heavy atom. The molecule has 1 atom stereocenters. The van der Waals surface area contributed by atoms with E-state index >= 15 is 0 Å². The molecule has 2 aliphatic rings. The van der Waals surface area contributed by atoms with Gasteiger partial charge < -0.3 is 15.7 Å². The molecule has 7 heteroatoms. The molecular weight excluding hydrogens is 302 g/mol. The van der Waals surface area contributed by atoms with E-state index in [-0.39, 0.29) is 24.7 Å². The maximum Gasteiger partial charge on any atom is 0.317 e. The molecule has 1 aliphatic carbocycles. The highest BCUT2D eigenvalue weighted by Crippen LogP contribution is 2.26. The van der Waals surface area contributed by atoms with Crippen LogP contribution in [0.3, 0.4) is 0 Å². The molecule has 1 saturated heterocycles. The molecule has 3 N–H and O–H groups in total. The zero-order valence-corrected chi connectivity index (χ0v) is 14.0. The number of urea groups is 1. The van der Waals surface area contributed by atoms with Crippen molar-refractivity contribution in [3.63, 3.8) is 0 Å². The van der Waals surface area contributed by atoms with Gasteiger partial charge in [0.25, 0.3) is 0 Å². The number of nitrogens with one attached hydrogen (secondary N) is 2. The normalized spacial score (nSPS) is 28.0. The SMILES string of the molecule is CCN(CC(=O)O)C1CC(NC(=O)NCC2CCCCS2)C1. The number of carboxylic acid groups (broad SMARTS) is 1. The molecular formula is C15H27N3O3S. The topological polar surface area (TPSA) is 81.7 Å². The summed E-state index contributed by atoms with van der Waals surface area (Å²) in [6.07, 6.45) is 5.43. The average molecular weight is 329 g/mol. The second-order valence-corrected chi connectivity index (χ2v) is 7.53. The van der Waals surface area contributed by atoms with Gasteiger partial charge in [-0.1, -0.05) is 13.3 Å². The van der Waals surface area contributed by atoms with Gasteiger partial charge in [0.1, 0.15) is 0 Å². The van der Waals surface area contributed by atoms with Crippen molar-refractivity contribution in [2.75, 3.05) is 25.4 Å². The molecule has 1 unspecified atom stereocenters. The second-order valence-electron chi connectivity index (χ2n) is 6.12. The van der Waals surface area contributed by atoms with E-state index < -0.39 is 5.97 Å². The van der Waals surface area contributed by atoms with Gasteiger partial charge in [0, 0.05) is 23.9 Å². The lowest BCUT2D eigenvalue weighted by atomic mass is 9.85. The van der Waals surface area contributed by atoms with Crippen LogP contribution < -0.4 is 10.6 Å². The number of aliphatic carboxylic acids is 1. The van der Waals surface area contributed by atoms with E-state index in [2.05, 4.69) is 10.6 Å². The first-order valence-electron chi connectivity index (χ1n) is 8.20. The van der Waals surface area contributed by atoms with Gasteiger partial charge >= 0.3 is 12.0 Å². The van der Waals surface area contributed by atoms with Crippen LogP contribution in [0.4, 0.5) is 4.79 Å². The van der Waals surface area contributed by atoms with Gasteiger partial charge in [0.15, 0.2) is 0 Å². The molecule has 126 valence electrons. The van der Waals surface area contributed by atoms with Crippen molar-refractivity contribution in [2.24, 2.45) is 0 Å². The molecule has 2 fully saturated rings. The van der Waals surface area contributed by atoms with Gasteiger partial charge in [-0.3, -0.25) is 9.69 Å². The molecule has 1 aliphatic heterocycles. The summed E-state index contributed by atoms with van der Waals surface area (Å²) in [5.74, 6) is 0.412. The maximum atomic E-state index is 11.9. The fourth-order valence-corrected chi connectivity index (χ4v) is 4.33. The third-order valence-corrected chi connectivity index (χ3v) is 5.87. The maximum absolute atomic E-state index is 11.9. The van der Waals surface area contributed by atoms with Crippen LogP contribution in [-0.2, 0) is 4.79 Å². The molecule has 0 aromatic carbocycles. The molecule has 0 aromatic rings. The predicted octanol–water partition coefficient (Wildman–Crippen LogP) is 1.51. The van der Waals surface area contributed by atoms with E-state index in [1.165, 1.54) is 25.0 Å². The Morgan fingerprint density at radius 2 is 2.09 bits per heavy atom. The van der Waals surface area contributed by atoms with E-state index in [4.69, 9.17) is 5.11 Å². The largest absolute Gasteiger partial charge is 0.480 e. The highest BCUT2D eigenvalue weighted by molar-refractivity contribution is 7.99. The number of nitrogens with zero attached hydrogens (tertiary/aromatic N) is 1. The van der Waals surface area contributed by atoms with Crippen molar-refractivity contribution in [3.05, 3.63) is 0 Å². The Bertz CT molecular complexity index is 382.